The van der Waals surface area contributed by atoms with Crippen LogP contribution >= 0.6 is 23.2 Å². The number of aromatic nitrogens is 1. The van der Waals surface area contributed by atoms with Crippen LogP contribution in [-0.4, -0.2) is 35.2 Å². The van der Waals surface area contributed by atoms with Gasteiger partial charge in [0.15, 0.2) is 0 Å². The monoisotopic (exact) mass is 545 g/mol. The predicted molar refractivity (Wildman–Crippen MR) is 144 cm³/mol. The van der Waals surface area contributed by atoms with Gasteiger partial charge in [-0.25, -0.2) is 9.40 Å². The molecule has 1 aliphatic carbocycles. The fraction of sp³-hybridized carbons (Fsp3) is 0.429. The van der Waals surface area contributed by atoms with Gasteiger partial charge in [0.1, 0.15) is 17.1 Å². The lowest BCUT2D eigenvalue weighted by Crippen LogP contribution is -2.47. The van der Waals surface area contributed by atoms with E-state index in [0.29, 0.717) is 31.1 Å². The molecule has 0 spiro atoms. The lowest BCUT2D eigenvalue weighted by molar-refractivity contribution is 0.0691. The van der Waals surface area contributed by atoms with Gasteiger partial charge in [-0.2, -0.15) is 0 Å². The molecule has 2 aromatic carbocycles. The van der Waals surface area contributed by atoms with Gasteiger partial charge in [-0.3, -0.25) is 15.0 Å². The van der Waals surface area contributed by atoms with Crippen molar-refractivity contribution in [2.75, 3.05) is 19.7 Å². The van der Waals surface area contributed by atoms with Crippen LogP contribution in [0.3, 0.4) is 0 Å². The van der Waals surface area contributed by atoms with Crippen molar-refractivity contribution in [2.24, 2.45) is 5.92 Å². The molecular formula is C28H30Cl2FN3O3. The van der Waals surface area contributed by atoms with Gasteiger partial charge in [-0.15, -0.1) is 0 Å². The molecule has 0 unspecified atom stereocenters. The van der Waals surface area contributed by atoms with Gasteiger partial charge in [0.25, 0.3) is 5.91 Å². The SMILES string of the molecule is Cc1cc(OCCCC2CCN(NC(=O)c3cn(C4CC4)c4cc(Cl)c(F)cc4c3=O)CC2)ccc1Cl. The molecule has 2 heterocycles. The Morgan fingerprint density at radius 2 is 1.86 bits per heavy atom. The zero-order chi connectivity index (χ0) is 26.1. The number of pyridine rings is 1. The minimum absolute atomic E-state index is 0.0258. The summed E-state index contributed by atoms with van der Waals surface area (Å²) in [5.74, 6) is 0.271. The van der Waals surface area contributed by atoms with E-state index in [4.69, 9.17) is 27.9 Å². The Labute approximate surface area is 225 Å². The molecule has 1 N–H and O–H groups in total. The highest BCUT2D eigenvalue weighted by molar-refractivity contribution is 6.31. The van der Waals surface area contributed by atoms with E-state index in [1.165, 1.54) is 6.07 Å². The second kappa shape index (κ2) is 11.0. The van der Waals surface area contributed by atoms with Crippen molar-refractivity contribution in [3.8, 4) is 5.75 Å². The summed E-state index contributed by atoms with van der Waals surface area (Å²) in [5.41, 5.74) is 4.00. The first kappa shape index (κ1) is 26.0. The van der Waals surface area contributed by atoms with Gasteiger partial charge >= 0.3 is 0 Å². The Kier molecular flexibility index (Phi) is 7.75. The lowest BCUT2D eigenvalue weighted by atomic mass is 9.93. The van der Waals surface area contributed by atoms with Crippen LogP contribution in [0.1, 0.15) is 60.5 Å². The summed E-state index contributed by atoms with van der Waals surface area (Å²) in [7, 11) is 0. The van der Waals surface area contributed by atoms with Crippen molar-refractivity contribution in [2.45, 2.75) is 51.5 Å². The Morgan fingerprint density at radius 3 is 2.57 bits per heavy atom. The molecule has 37 heavy (non-hydrogen) atoms. The third-order valence-corrected chi connectivity index (χ3v) is 8.00. The molecule has 0 atom stereocenters. The highest BCUT2D eigenvalue weighted by Gasteiger charge is 2.28. The number of fused-ring (bicyclic) bond motifs is 1. The Bertz CT molecular complexity index is 1380. The number of halogens is 3. The van der Waals surface area contributed by atoms with E-state index in [9.17, 15) is 14.0 Å². The van der Waals surface area contributed by atoms with Gasteiger partial charge < -0.3 is 9.30 Å². The molecule has 2 fully saturated rings. The highest BCUT2D eigenvalue weighted by Crippen LogP contribution is 2.37. The average molecular weight is 546 g/mol. The van der Waals surface area contributed by atoms with Crippen LogP contribution in [0.25, 0.3) is 10.9 Å². The number of aryl methyl sites for hydroxylation is 1. The maximum Gasteiger partial charge on any atom is 0.271 e. The van der Waals surface area contributed by atoms with Crippen LogP contribution in [-0.2, 0) is 0 Å². The second-order valence-electron chi connectivity index (χ2n) is 10.1. The average Bonchev–Trinajstić information content (AvgIpc) is 3.72. The molecule has 196 valence electrons. The van der Waals surface area contributed by atoms with Crippen LogP contribution in [0.15, 0.2) is 41.3 Å². The predicted octanol–water partition coefficient (Wildman–Crippen LogP) is 6.31. The number of nitrogens with one attached hydrogen (secondary N) is 1. The van der Waals surface area contributed by atoms with E-state index in [2.05, 4.69) is 5.43 Å². The number of carbonyl (C=O) groups is 1. The summed E-state index contributed by atoms with van der Waals surface area (Å²) >= 11 is 12.0. The summed E-state index contributed by atoms with van der Waals surface area (Å²) < 4.78 is 21.9. The summed E-state index contributed by atoms with van der Waals surface area (Å²) in [6.45, 7) is 4.03. The molecule has 3 aromatic rings. The Balaban J connectivity index is 1.15. The van der Waals surface area contributed by atoms with Crippen LogP contribution in [0, 0.1) is 18.7 Å². The molecule has 1 amide bonds. The van der Waals surface area contributed by atoms with E-state index >= 15 is 0 Å². The van der Waals surface area contributed by atoms with Crippen LogP contribution in [0.5, 0.6) is 5.75 Å². The minimum atomic E-state index is -0.665. The summed E-state index contributed by atoms with van der Waals surface area (Å²) in [5, 5.41) is 2.75. The number of nitrogens with zero attached hydrogens (tertiary/aromatic N) is 2. The zero-order valence-corrected chi connectivity index (χ0v) is 22.2. The molecular weight excluding hydrogens is 516 g/mol. The normalized spacial score (nSPS) is 16.8. The summed E-state index contributed by atoms with van der Waals surface area (Å²) in [6, 6.07) is 8.49. The number of rotatable bonds is 8. The number of piperidine rings is 1. The zero-order valence-electron chi connectivity index (χ0n) is 20.7. The Morgan fingerprint density at radius 1 is 1.11 bits per heavy atom. The maximum atomic E-state index is 14.1. The number of ether oxygens (including phenoxy) is 1. The van der Waals surface area contributed by atoms with Crippen molar-refractivity contribution in [3.05, 3.63) is 73.7 Å². The number of hydrazine groups is 1. The molecule has 1 aliphatic heterocycles. The van der Waals surface area contributed by atoms with Crippen molar-refractivity contribution >= 4 is 40.0 Å². The lowest BCUT2D eigenvalue weighted by Gasteiger charge is -2.32. The smallest absolute Gasteiger partial charge is 0.271 e. The van der Waals surface area contributed by atoms with Crippen LogP contribution in [0.4, 0.5) is 4.39 Å². The molecule has 6 nitrogen and oxygen atoms in total. The highest BCUT2D eigenvalue weighted by atomic mass is 35.5. The molecule has 1 saturated heterocycles. The largest absolute Gasteiger partial charge is 0.494 e. The molecule has 1 saturated carbocycles. The molecule has 0 radical (unpaired) electrons. The Hall–Kier alpha value is -2.61. The first-order chi connectivity index (χ1) is 17.8. The van der Waals surface area contributed by atoms with Crippen LogP contribution < -0.4 is 15.6 Å². The third kappa shape index (κ3) is 5.95. The van der Waals surface area contributed by atoms with Crippen LogP contribution in [0.2, 0.25) is 10.0 Å². The number of hydrogen-bond acceptors (Lipinski definition) is 4. The summed E-state index contributed by atoms with van der Waals surface area (Å²) in [4.78, 5) is 26.2. The van der Waals surface area contributed by atoms with Crippen molar-refractivity contribution in [1.29, 1.82) is 0 Å². The first-order valence-corrected chi connectivity index (χ1v) is 13.5. The van der Waals surface area contributed by atoms with Gasteiger partial charge in [0.05, 0.1) is 17.1 Å². The molecule has 1 aromatic heterocycles. The number of amides is 1. The standard InChI is InChI=1S/C28H30Cl2FN3O3/c1-17-13-20(6-7-23(17)29)37-12-2-3-18-8-10-33(11-9-18)32-28(36)22-16-34(19-4-5-19)26-15-24(30)25(31)14-21(26)27(22)35/h6-7,13-16,18-19H,2-5,8-12H2,1H3,(H,32,36). The number of hydrogen-bond donors (Lipinski definition) is 1. The molecule has 0 bridgehead atoms. The fourth-order valence-corrected chi connectivity index (χ4v) is 5.24. The number of benzene rings is 2. The van der Waals surface area contributed by atoms with E-state index in [1.54, 1.807) is 6.20 Å². The van der Waals surface area contributed by atoms with E-state index in [1.807, 2.05) is 34.7 Å². The van der Waals surface area contributed by atoms with E-state index in [-0.39, 0.29) is 22.0 Å². The van der Waals surface area contributed by atoms with Crippen molar-refractivity contribution < 1.29 is 13.9 Å². The first-order valence-electron chi connectivity index (χ1n) is 12.8. The van der Waals surface area contributed by atoms with E-state index in [0.717, 1.165) is 60.9 Å². The van der Waals surface area contributed by atoms with Gasteiger partial charge in [0, 0.05) is 35.7 Å². The molecule has 2 aliphatic rings. The molecule has 9 heteroatoms. The van der Waals surface area contributed by atoms with Crippen molar-refractivity contribution in [1.82, 2.24) is 15.0 Å². The maximum absolute atomic E-state index is 14.1. The van der Waals surface area contributed by atoms with Crippen molar-refractivity contribution in [3.63, 3.8) is 0 Å². The third-order valence-electron chi connectivity index (χ3n) is 7.29. The molecule has 5 rings (SSSR count). The van der Waals surface area contributed by atoms with Gasteiger partial charge in [0.2, 0.25) is 5.43 Å². The quantitative estimate of drug-likeness (QED) is 0.337. The van der Waals surface area contributed by atoms with E-state index < -0.39 is 17.2 Å². The summed E-state index contributed by atoms with van der Waals surface area (Å²) in [6.07, 6.45) is 7.41. The topological polar surface area (TPSA) is 63.6 Å². The van der Waals surface area contributed by atoms with Gasteiger partial charge in [-0.1, -0.05) is 23.2 Å². The van der Waals surface area contributed by atoms with Gasteiger partial charge in [-0.05, 0) is 87.3 Å². The number of carbonyl (C=O) groups excluding carboxylic acids is 1. The second-order valence-corrected chi connectivity index (χ2v) is 10.9. The fourth-order valence-electron chi connectivity index (χ4n) is 4.97. The minimum Gasteiger partial charge on any atom is -0.494 e.